The number of hydrogen-bond donors (Lipinski definition) is 2. The number of carboxylic acids is 1. The number of ether oxygens (including phenoxy) is 1. The molecule has 4 aromatic rings. The second-order valence-corrected chi connectivity index (χ2v) is 10.1. The van der Waals surface area contributed by atoms with E-state index in [9.17, 15) is 19.5 Å². The molecule has 39 heavy (non-hydrogen) atoms. The van der Waals surface area contributed by atoms with Crippen molar-refractivity contribution in [2.75, 3.05) is 18.5 Å². The second kappa shape index (κ2) is 11.5. The summed E-state index contributed by atoms with van der Waals surface area (Å²) in [5.41, 5.74) is 5.88. The fourth-order valence-corrected chi connectivity index (χ4v) is 5.38. The van der Waals surface area contributed by atoms with Gasteiger partial charge in [-0.1, -0.05) is 94.8 Å². The number of aliphatic carboxylic acids is 1. The van der Waals surface area contributed by atoms with E-state index < -0.39 is 24.5 Å². The molecule has 0 aliphatic heterocycles. The van der Waals surface area contributed by atoms with Crippen molar-refractivity contribution >= 4 is 39.6 Å². The summed E-state index contributed by atoms with van der Waals surface area (Å²) in [6.07, 6.45) is -0.653. The Kier molecular flexibility index (Phi) is 7.74. The Labute approximate surface area is 234 Å². The third-order valence-corrected chi connectivity index (χ3v) is 7.02. The summed E-state index contributed by atoms with van der Waals surface area (Å²) >= 11 is 3.39. The number of fused-ring (bicyclic) bond motifs is 3. The lowest BCUT2D eigenvalue weighted by Crippen LogP contribution is -2.35. The zero-order chi connectivity index (χ0) is 27.4. The van der Waals surface area contributed by atoms with Crippen molar-refractivity contribution in [2.24, 2.45) is 0 Å². The molecule has 196 valence electrons. The molecule has 0 saturated heterocycles. The van der Waals surface area contributed by atoms with Crippen LogP contribution in [0.15, 0.2) is 102 Å². The van der Waals surface area contributed by atoms with Crippen LogP contribution < -0.4 is 5.32 Å². The quantitative estimate of drug-likeness (QED) is 0.245. The topological polar surface area (TPSA) is 95.9 Å². The first-order chi connectivity index (χ1) is 18.9. The number of halogens is 1. The minimum absolute atomic E-state index is 0.0784. The normalized spacial score (nSPS) is 11.8. The molecular weight excluding hydrogens is 560 g/mol. The van der Waals surface area contributed by atoms with Crippen LogP contribution in [0.5, 0.6) is 0 Å². The van der Waals surface area contributed by atoms with Crippen LogP contribution >= 0.6 is 15.9 Å². The first-order valence-electron chi connectivity index (χ1n) is 12.4. The van der Waals surface area contributed by atoms with Crippen molar-refractivity contribution in [2.45, 2.75) is 12.5 Å². The van der Waals surface area contributed by atoms with Crippen LogP contribution in [0.4, 0.5) is 10.5 Å². The Balaban J connectivity index is 1.29. The van der Waals surface area contributed by atoms with E-state index in [0.29, 0.717) is 10.2 Å². The lowest BCUT2D eigenvalue weighted by atomic mass is 9.98. The van der Waals surface area contributed by atoms with Crippen LogP contribution in [0.25, 0.3) is 11.1 Å². The fourth-order valence-electron chi connectivity index (χ4n) is 4.89. The molecule has 0 atom stereocenters. The van der Waals surface area contributed by atoms with Gasteiger partial charge in [0.15, 0.2) is 0 Å². The first kappa shape index (κ1) is 26.2. The lowest BCUT2D eigenvalue weighted by Gasteiger charge is -2.21. The van der Waals surface area contributed by atoms with Gasteiger partial charge in [0.2, 0.25) is 0 Å². The van der Waals surface area contributed by atoms with Gasteiger partial charge in [0, 0.05) is 28.2 Å². The molecule has 0 unspecified atom stereocenters. The maximum absolute atomic E-state index is 13.3. The van der Waals surface area contributed by atoms with E-state index in [4.69, 9.17) is 4.74 Å². The maximum Gasteiger partial charge on any atom is 0.411 e. The number of nitrogens with zero attached hydrogens (tertiary/aromatic N) is 1. The minimum atomic E-state index is -1.12. The Hall–Kier alpha value is -4.43. The summed E-state index contributed by atoms with van der Waals surface area (Å²) in [6, 6.07) is 30.1. The third kappa shape index (κ3) is 6.02. The van der Waals surface area contributed by atoms with Crippen LogP contribution in [0, 0.1) is 0 Å². The van der Waals surface area contributed by atoms with Gasteiger partial charge in [0.05, 0.1) is 0 Å². The van der Waals surface area contributed by atoms with E-state index in [1.54, 1.807) is 12.1 Å². The van der Waals surface area contributed by atoms with Gasteiger partial charge in [-0.05, 0) is 46.0 Å². The summed E-state index contributed by atoms with van der Waals surface area (Å²) in [7, 11) is 0. The maximum atomic E-state index is 13.3. The smallest absolute Gasteiger partial charge is 0.411 e. The van der Waals surface area contributed by atoms with Crippen LogP contribution in [-0.4, -0.2) is 41.1 Å². The second-order valence-electron chi connectivity index (χ2n) is 9.22. The van der Waals surface area contributed by atoms with Crippen molar-refractivity contribution in [1.82, 2.24) is 4.90 Å². The lowest BCUT2D eigenvalue weighted by molar-refractivity contribution is -0.137. The number of anilines is 1. The minimum Gasteiger partial charge on any atom is -0.480 e. The summed E-state index contributed by atoms with van der Waals surface area (Å²) in [6.45, 7) is -0.174. The predicted octanol–water partition coefficient (Wildman–Crippen LogP) is 6.54. The van der Waals surface area contributed by atoms with E-state index >= 15 is 0 Å². The largest absolute Gasteiger partial charge is 0.480 e. The third-order valence-electron chi connectivity index (χ3n) is 6.56. The van der Waals surface area contributed by atoms with Gasteiger partial charge in [0.25, 0.3) is 5.91 Å². The van der Waals surface area contributed by atoms with Crippen molar-refractivity contribution in [3.63, 3.8) is 0 Å². The van der Waals surface area contributed by atoms with E-state index in [1.807, 2.05) is 66.7 Å². The Bertz CT molecular complexity index is 1490. The molecule has 2 amide bonds. The van der Waals surface area contributed by atoms with E-state index in [0.717, 1.165) is 27.8 Å². The number of carbonyl (C=O) groups excluding carboxylic acids is 2. The van der Waals surface area contributed by atoms with Crippen molar-refractivity contribution < 1.29 is 24.2 Å². The van der Waals surface area contributed by atoms with Gasteiger partial charge in [-0.15, -0.1) is 0 Å². The summed E-state index contributed by atoms with van der Waals surface area (Å²) in [4.78, 5) is 38.8. The highest BCUT2D eigenvalue weighted by molar-refractivity contribution is 9.10. The Morgan fingerprint density at radius 3 is 2.10 bits per heavy atom. The van der Waals surface area contributed by atoms with Gasteiger partial charge >= 0.3 is 12.1 Å². The molecular formula is C31H25BrN2O5. The molecule has 7 nitrogen and oxygen atoms in total. The molecule has 5 rings (SSSR count). The number of carbonyl (C=O) groups is 3. The van der Waals surface area contributed by atoms with E-state index in [1.165, 1.54) is 11.0 Å². The fraction of sp³-hybridized carbons (Fsp3) is 0.129. The molecule has 0 radical (unpaired) electrons. The van der Waals surface area contributed by atoms with Crippen molar-refractivity contribution in [3.8, 4) is 11.1 Å². The van der Waals surface area contributed by atoms with Gasteiger partial charge in [-0.2, -0.15) is 0 Å². The highest BCUT2D eigenvalue weighted by atomic mass is 79.9. The van der Waals surface area contributed by atoms with Gasteiger partial charge in [-0.3, -0.25) is 14.9 Å². The standard InChI is InChI=1S/C31H25BrN2O5/c32-22-14-21(30(37)34(18-29(35)36)17-20-8-2-1-3-9-20)15-23(16-22)33-31(38)39-19-28-26-12-6-4-10-24(26)25-11-5-7-13-27(25)28/h1-16,28H,17-19H2,(H,33,38)(H,35,36). The van der Waals surface area contributed by atoms with Crippen LogP contribution in [0.2, 0.25) is 0 Å². The molecule has 8 heteroatoms. The zero-order valence-electron chi connectivity index (χ0n) is 20.8. The van der Waals surface area contributed by atoms with E-state index in [2.05, 4.69) is 33.4 Å². The van der Waals surface area contributed by atoms with Crippen molar-refractivity contribution in [1.29, 1.82) is 0 Å². The molecule has 0 spiro atoms. The Morgan fingerprint density at radius 2 is 1.46 bits per heavy atom. The van der Waals surface area contributed by atoms with E-state index in [-0.39, 0.29) is 24.6 Å². The molecule has 1 aliphatic carbocycles. The molecule has 0 saturated carbocycles. The van der Waals surface area contributed by atoms with Gasteiger partial charge < -0.3 is 14.7 Å². The first-order valence-corrected chi connectivity index (χ1v) is 13.2. The SMILES string of the molecule is O=C(O)CN(Cc1ccccc1)C(=O)c1cc(Br)cc(NC(=O)OCC2c3ccccc3-c3ccccc32)c1. The number of nitrogens with one attached hydrogen (secondary N) is 1. The zero-order valence-corrected chi connectivity index (χ0v) is 22.4. The number of rotatable bonds is 8. The average Bonchev–Trinajstić information content (AvgIpc) is 3.25. The summed E-state index contributed by atoms with van der Waals surface area (Å²) < 4.78 is 6.18. The molecule has 0 aromatic heterocycles. The molecule has 2 N–H and O–H groups in total. The monoisotopic (exact) mass is 584 g/mol. The average molecular weight is 585 g/mol. The van der Waals surface area contributed by atoms with Crippen LogP contribution in [0.1, 0.15) is 33.0 Å². The summed E-state index contributed by atoms with van der Waals surface area (Å²) in [5, 5.41) is 12.1. The Morgan fingerprint density at radius 1 is 0.846 bits per heavy atom. The van der Waals surface area contributed by atoms with Crippen LogP contribution in [0.3, 0.4) is 0 Å². The molecule has 0 heterocycles. The predicted molar refractivity (Wildman–Crippen MR) is 152 cm³/mol. The van der Waals surface area contributed by atoms with Crippen LogP contribution in [-0.2, 0) is 16.1 Å². The molecule has 1 aliphatic rings. The summed E-state index contributed by atoms with van der Waals surface area (Å²) in [5.74, 6) is -1.67. The molecule has 0 bridgehead atoms. The number of hydrogen-bond acceptors (Lipinski definition) is 4. The number of amides is 2. The van der Waals surface area contributed by atoms with Crippen molar-refractivity contribution in [3.05, 3.63) is 124 Å². The number of benzene rings is 4. The molecule has 0 fully saturated rings. The number of carboxylic acid groups (broad SMARTS) is 1. The van der Waals surface area contributed by atoms with Gasteiger partial charge in [-0.25, -0.2) is 4.79 Å². The highest BCUT2D eigenvalue weighted by Crippen LogP contribution is 2.44. The highest BCUT2D eigenvalue weighted by Gasteiger charge is 2.29. The van der Waals surface area contributed by atoms with Gasteiger partial charge in [0.1, 0.15) is 13.2 Å². The molecule has 4 aromatic carbocycles.